The van der Waals surface area contributed by atoms with Crippen molar-refractivity contribution in [1.29, 1.82) is 0 Å². The monoisotopic (exact) mass is 436 g/mol. The van der Waals surface area contributed by atoms with Gasteiger partial charge in [0.05, 0.1) is 13.2 Å². The van der Waals surface area contributed by atoms with Gasteiger partial charge in [0, 0.05) is 13.0 Å². The number of benzene rings is 2. The third kappa shape index (κ3) is 5.07. The van der Waals surface area contributed by atoms with Crippen LogP contribution in [0, 0.1) is 12.3 Å². The van der Waals surface area contributed by atoms with E-state index in [1.54, 1.807) is 0 Å². The average Bonchev–Trinajstić information content (AvgIpc) is 3.10. The molecule has 166 valence electrons. The number of nitrogens with one attached hydrogen (secondary N) is 1. The number of carbonyl (C=O) groups is 3. The highest BCUT2D eigenvalue weighted by molar-refractivity contribution is 5.88. The highest BCUT2D eigenvalue weighted by atomic mass is 16.5. The third-order valence-corrected chi connectivity index (χ3v) is 5.19. The Morgan fingerprint density at radius 3 is 2.25 bits per heavy atom. The first kappa shape index (κ1) is 22.8. The zero-order valence-electron chi connectivity index (χ0n) is 17.6. The number of hydrogen-bond donors (Lipinski definition) is 2. The van der Waals surface area contributed by atoms with Crippen molar-refractivity contribution in [1.82, 2.24) is 10.2 Å². The molecule has 2 aromatic rings. The van der Waals surface area contributed by atoms with Crippen LogP contribution in [0.15, 0.2) is 48.5 Å². The molecule has 32 heavy (non-hydrogen) atoms. The molecule has 2 N–H and O–H groups in total. The van der Waals surface area contributed by atoms with Gasteiger partial charge in [0.2, 0.25) is 5.91 Å². The van der Waals surface area contributed by atoms with E-state index in [-0.39, 0.29) is 25.7 Å². The van der Waals surface area contributed by atoms with Gasteiger partial charge in [0.15, 0.2) is 0 Å². The maximum absolute atomic E-state index is 12.7. The first-order valence-electron chi connectivity index (χ1n) is 10.0. The van der Waals surface area contributed by atoms with Crippen LogP contribution in [0.4, 0.5) is 4.79 Å². The van der Waals surface area contributed by atoms with Gasteiger partial charge >= 0.3 is 12.1 Å². The molecule has 3 rings (SSSR count). The van der Waals surface area contributed by atoms with Crippen LogP contribution in [0.25, 0.3) is 11.1 Å². The largest absolute Gasteiger partial charge is 0.480 e. The van der Waals surface area contributed by atoms with E-state index in [0.717, 1.165) is 27.2 Å². The molecular weight excluding hydrogens is 412 g/mol. The number of hydrogen-bond acceptors (Lipinski definition) is 5. The lowest BCUT2D eigenvalue weighted by molar-refractivity contribution is -0.145. The number of carboxylic acid groups (broad SMARTS) is 1. The predicted molar refractivity (Wildman–Crippen MR) is 117 cm³/mol. The summed E-state index contributed by atoms with van der Waals surface area (Å²) in [5.41, 5.74) is 4.33. The van der Waals surface area contributed by atoms with Crippen LogP contribution < -0.4 is 5.32 Å². The van der Waals surface area contributed by atoms with Crippen LogP contribution >= 0.6 is 0 Å². The van der Waals surface area contributed by atoms with Gasteiger partial charge in [-0.3, -0.25) is 9.59 Å². The van der Waals surface area contributed by atoms with Gasteiger partial charge in [0.25, 0.3) is 0 Å². The Balaban J connectivity index is 1.68. The molecule has 2 aromatic carbocycles. The van der Waals surface area contributed by atoms with E-state index in [9.17, 15) is 14.4 Å². The van der Waals surface area contributed by atoms with Crippen molar-refractivity contribution in [3.8, 4) is 23.5 Å². The van der Waals surface area contributed by atoms with Gasteiger partial charge in [-0.2, -0.15) is 0 Å². The van der Waals surface area contributed by atoms with Crippen LogP contribution in [0.1, 0.15) is 17.0 Å². The first-order chi connectivity index (χ1) is 15.5. The molecule has 1 unspecified atom stereocenters. The summed E-state index contributed by atoms with van der Waals surface area (Å²) in [7, 11) is 1.36. The molecule has 0 radical (unpaired) electrons. The van der Waals surface area contributed by atoms with Crippen LogP contribution in [0.3, 0.4) is 0 Å². The Morgan fingerprint density at radius 1 is 1.12 bits per heavy atom. The van der Waals surface area contributed by atoms with Crippen LogP contribution in [-0.2, 0) is 19.1 Å². The lowest BCUT2D eigenvalue weighted by Crippen LogP contribution is -2.52. The Labute approximate surface area is 186 Å². The van der Waals surface area contributed by atoms with Crippen molar-refractivity contribution in [2.45, 2.75) is 12.0 Å². The van der Waals surface area contributed by atoms with Crippen molar-refractivity contribution in [2.24, 2.45) is 0 Å². The second-order valence-corrected chi connectivity index (χ2v) is 7.27. The average molecular weight is 436 g/mol. The van der Waals surface area contributed by atoms with Crippen molar-refractivity contribution < 1.29 is 29.0 Å². The molecule has 0 saturated heterocycles. The molecule has 0 saturated carbocycles. The minimum absolute atomic E-state index is 0.0803. The van der Waals surface area contributed by atoms with Crippen molar-refractivity contribution >= 4 is 18.0 Å². The fraction of sp³-hybridized carbons (Fsp3) is 0.292. The number of nitrogens with zero attached hydrogens (tertiary/aromatic N) is 1. The van der Waals surface area contributed by atoms with E-state index in [2.05, 4.69) is 11.2 Å². The minimum Gasteiger partial charge on any atom is -0.480 e. The van der Waals surface area contributed by atoms with Gasteiger partial charge in [-0.25, -0.2) is 4.79 Å². The van der Waals surface area contributed by atoms with Crippen LogP contribution in [0.5, 0.6) is 0 Å². The Morgan fingerprint density at radius 2 is 1.72 bits per heavy atom. The van der Waals surface area contributed by atoms with Gasteiger partial charge in [-0.1, -0.05) is 54.5 Å². The van der Waals surface area contributed by atoms with Gasteiger partial charge in [0.1, 0.15) is 19.2 Å². The summed E-state index contributed by atoms with van der Waals surface area (Å²) in [6, 6.07) is 14.7. The number of rotatable bonds is 9. The van der Waals surface area contributed by atoms with Gasteiger partial charge in [-0.15, -0.1) is 6.42 Å². The summed E-state index contributed by atoms with van der Waals surface area (Å²) in [4.78, 5) is 37.2. The second-order valence-electron chi connectivity index (χ2n) is 7.27. The van der Waals surface area contributed by atoms with Crippen molar-refractivity contribution in [3.63, 3.8) is 0 Å². The van der Waals surface area contributed by atoms with E-state index < -0.39 is 30.6 Å². The number of fused-ring (bicyclic) bond motifs is 3. The maximum Gasteiger partial charge on any atom is 0.407 e. The van der Waals surface area contributed by atoms with Gasteiger partial charge in [-0.05, 0) is 22.3 Å². The molecule has 0 aromatic heterocycles. The molecule has 0 heterocycles. The van der Waals surface area contributed by atoms with E-state index in [0.29, 0.717) is 0 Å². The number of terminal acetylenes is 1. The molecular formula is C24H24N2O6. The summed E-state index contributed by atoms with van der Waals surface area (Å²) >= 11 is 0. The number of ether oxygens (including phenoxy) is 2. The molecule has 0 aliphatic heterocycles. The Hall–Kier alpha value is -3.83. The zero-order valence-corrected chi connectivity index (χ0v) is 17.6. The lowest BCUT2D eigenvalue weighted by atomic mass is 9.98. The highest BCUT2D eigenvalue weighted by Crippen LogP contribution is 2.44. The van der Waals surface area contributed by atoms with Crippen LogP contribution in [-0.4, -0.2) is 67.4 Å². The molecule has 0 fully saturated rings. The number of aliphatic carboxylic acids is 1. The number of alkyl carbamates (subject to hydrolysis) is 1. The summed E-state index contributed by atoms with van der Waals surface area (Å²) < 4.78 is 10.5. The number of carboxylic acids is 1. The molecule has 0 spiro atoms. The van der Waals surface area contributed by atoms with E-state index in [4.69, 9.17) is 21.0 Å². The topological polar surface area (TPSA) is 105 Å². The first-order valence-corrected chi connectivity index (χ1v) is 10.0. The fourth-order valence-corrected chi connectivity index (χ4v) is 3.83. The summed E-state index contributed by atoms with van der Waals surface area (Å²) in [5, 5.41) is 11.5. The molecule has 1 aliphatic rings. The molecule has 2 amide bonds. The number of amides is 2. The number of methoxy groups -OCH3 is 1. The minimum atomic E-state index is -1.22. The van der Waals surface area contributed by atoms with Crippen LogP contribution in [0.2, 0.25) is 0 Å². The van der Waals surface area contributed by atoms with E-state index in [1.807, 2.05) is 48.5 Å². The standard InChI is InChI=1S/C24H24N2O6/c1-3-12-26(13-22(27)28)23(29)21(15-31-2)25-24(30)32-14-20-18-10-6-4-8-16(18)17-9-5-7-11-19(17)20/h1,4-11,20-21H,12-15H2,2H3,(H,25,30)(H,27,28). The molecule has 8 nitrogen and oxygen atoms in total. The Kier molecular flexibility index (Phi) is 7.47. The predicted octanol–water partition coefficient (Wildman–Crippen LogP) is 2.09. The maximum atomic E-state index is 12.7. The van der Waals surface area contributed by atoms with Gasteiger partial charge < -0.3 is 24.8 Å². The fourth-order valence-electron chi connectivity index (χ4n) is 3.83. The zero-order chi connectivity index (χ0) is 23.1. The third-order valence-electron chi connectivity index (χ3n) is 5.19. The quantitative estimate of drug-likeness (QED) is 0.583. The molecule has 1 atom stereocenters. The van der Waals surface area contributed by atoms with Crippen molar-refractivity contribution in [3.05, 3.63) is 59.7 Å². The van der Waals surface area contributed by atoms with E-state index in [1.165, 1.54) is 7.11 Å². The normalized spacial score (nSPS) is 12.8. The lowest BCUT2D eigenvalue weighted by Gasteiger charge is -2.25. The highest BCUT2D eigenvalue weighted by Gasteiger charge is 2.31. The Bertz CT molecular complexity index is 999. The second kappa shape index (κ2) is 10.5. The summed E-state index contributed by atoms with van der Waals surface area (Å²) in [6.45, 7) is -0.881. The SMILES string of the molecule is C#CCN(CC(=O)O)C(=O)C(COC)NC(=O)OCC1c2ccccc2-c2ccccc21. The molecule has 0 bridgehead atoms. The smallest absolute Gasteiger partial charge is 0.407 e. The molecule has 8 heteroatoms. The summed E-state index contributed by atoms with van der Waals surface area (Å²) in [6.07, 6.45) is 4.43. The van der Waals surface area contributed by atoms with Crippen molar-refractivity contribution in [2.75, 3.05) is 33.4 Å². The summed E-state index contributed by atoms with van der Waals surface area (Å²) in [5.74, 6) is 0.230. The van der Waals surface area contributed by atoms with E-state index >= 15 is 0 Å². The number of carbonyl (C=O) groups excluding carboxylic acids is 2. The molecule has 1 aliphatic carbocycles.